The van der Waals surface area contributed by atoms with Gasteiger partial charge in [0.05, 0.1) is 5.25 Å². The van der Waals surface area contributed by atoms with Gasteiger partial charge in [0.2, 0.25) is 0 Å². The van der Waals surface area contributed by atoms with Gasteiger partial charge in [0.15, 0.2) is 0 Å². The fourth-order valence-corrected chi connectivity index (χ4v) is 3.81. The van der Waals surface area contributed by atoms with Crippen LogP contribution in [0.15, 0.2) is 40.2 Å². The molecular formula is C14H18N2S2. The first-order valence-corrected chi connectivity index (χ1v) is 7.85. The van der Waals surface area contributed by atoms with Crippen molar-refractivity contribution in [2.24, 2.45) is 5.73 Å². The smallest absolute Gasteiger partial charge is 0.150 e. The molecule has 1 aromatic carbocycles. The van der Waals surface area contributed by atoms with Gasteiger partial charge in [-0.1, -0.05) is 48.5 Å². The van der Waals surface area contributed by atoms with E-state index in [9.17, 15) is 0 Å². The molecular weight excluding hydrogens is 260 g/mol. The molecule has 0 amide bonds. The zero-order valence-corrected chi connectivity index (χ0v) is 12.3. The number of thioether (sulfide) groups is 1. The zero-order chi connectivity index (χ0) is 13.0. The van der Waals surface area contributed by atoms with Crippen LogP contribution in [0.1, 0.15) is 29.7 Å². The van der Waals surface area contributed by atoms with Gasteiger partial charge in [-0.15, -0.1) is 11.3 Å². The highest BCUT2D eigenvalue weighted by molar-refractivity contribution is 8.01. The maximum atomic E-state index is 6.26. The first kappa shape index (κ1) is 13.6. The molecule has 2 rings (SSSR count). The van der Waals surface area contributed by atoms with Gasteiger partial charge < -0.3 is 5.73 Å². The molecule has 0 aliphatic heterocycles. The predicted molar refractivity (Wildman–Crippen MR) is 80.2 cm³/mol. The lowest BCUT2D eigenvalue weighted by atomic mass is 10.0. The number of benzene rings is 1. The van der Waals surface area contributed by atoms with E-state index < -0.39 is 0 Å². The van der Waals surface area contributed by atoms with Crippen LogP contribution < -0.4 is 5.73 Å². The summed E-state index contributed by atoms with van der Waals surface area (Å²) in [6.07, 6.45) is 2.81. The summed E-state index contributed by atoms with van der Waals surface area (Å²) in [6, 6.07) is 8.80. The van der Waals surface area contributed by atoms with E-state index in [1.807, 2.05) is 11.6 Å². The molecule has 0 saturated heterocycles. The van der Waals surface area contributed by atoms with Crippen LogP contribution in [0.25, 0.3) is 0 Å². The highest BCUT2D eigenvalue weighted by atomic mass is 32.2. The maximum absolute atomic E-state index is 6.26. The molecule has 1 heterocycles. The molecule has 4 heteroatoms. The van der Waals surface area contributed by atoms with Gasteiger partial charge in [0.25, 0.3) is 0 Å². The minimum Gasteiger partial charge on any atom is -0.326 e. The van der Waals surface area contributed by atoms with Crippen molar-refractivity contribution in [2.75, 3.05) is 0 Å². The number of hydrogen-bond donors (Lipinski definition) is 1. The largest absolute Gasteiger partial charge is 0.326 e. The second-order valence-electron chi connectivity index (χ2n) is 4.32. The van der Waals surface area contributed by atoms with E-state index in [4.69, 9.17) is 5.73 Å². The number of nitrogens with two attached hydrogens (primary N) is 1. The second kappa shape index (κ2) is 6.36. The van der Waals surface area contributed by atoms with Crippen molar-refractivity contribution in [3.05, 3.63) is 47.0 Å². The summed E-state index contributed by atoms with van der Waals surface area (Å²) >= 11 is 3.44. The van der Waals surface area contributed by atoms with E-state index in [2.05, 4.69) is 43.1 Å². The van der Waals surface area contributed by atoms with Gasteiger partial charge in [-0.2, -0.15) is 0 Å². The molecule has 0 aliphatic rings. The highest BCUT2D eigenvalue weighted by Crippen LogP contribution is 2.38. The van der Waals surface area contributed by atoms with E-state index in [-0.39, 0.29) is 11.3 Å². The van der Waals surface area contributed by atoms with Gasteiger partial charge in [-0.25, -0.2) is 4.98 Å². The Kier molecular flexibility index (Phi) is 4.80. The van der Waals surface area contributed by atoms with Crippen LogP contribution in [-0.4, -0.2) is 11.0 Å². The molecule has 0 fully saturated rings. The summed E-state index contributed by atoms with van der Waals surface area (Å²) in [5.74, 6) is 0. The van der Waals surface area contributed by atoms with E-state index in [1.165, 1.54) is 11.1 Å². The Morgan fingerprint density at radius 3 is 2.61 bits per heavy atom. The minimum absolute atomic E-state index is 0.154. The average molecular weight is 278 g/mol. The van der Waals surface area contributed by atoms with Crippen molar-refractivity contribution in [1.82, 2.24) is 4.98 Å². The fourth-order valence-electron chi connectivity index (χ4n) is 1.75. The van der Waals surface area contributed by atoms with Crippen molar-refractivity contribution in [3.8, 4) is 0 Å². The lowest BCUT2D eigenvalue weighted by Crippen LogP contribution is -2.25. The van der Waals surface area contributed by atoms with Crippen molar-refractivity contribution in [1.29, 1.82) is 0 Å². The first-order chi connectivity index (χ1) is 8.70. The first-order valence-electron chi connectivity index (χ1n) is 6.09. The molecule has 1 aromatic heterocycles. The molecule has 96 valence electrons. The third-order valence-corrected chi connectivity index (χ3v) is 5.23. The quantitative estimate of drug-likeness (QED) is 0.840. The normalized spacial score (nSPS) is 14.4. The summed E-state index contributed by atoms with van der Waals surface area (Å²) in [5.41, 5.74) is 8.83. The molecule has 2 unspecified atom stereocenters. The number of aromatic nitrogens is 1. The van der Waals surface area contributed by atoms with Crippen LogP contribution in [-0.2, 0) is 0 Å². The lowest BCUT2D eigenvalue weighted by Gasteiger charge is -2.22. The van der Waals surface area contributed by atoms with E-state index >= 15 is 0 Å². The molecule has 2 nitrogen and oxygen atoms in total. The van der Waals surface area contributed by atoms with Crippen molar-refractivity contribution in [2.45, 2.75) is 35.9 Å². The number of hydrogen-bond acceptors (Lipinski definition) is 4. The summed E-state index contributed by atoms with van der Waals surface area (Å²) in [5, 5.41) is 2.29. The number of aryl methyl sites for hydroxylation is 1. The van der Waals surface area contributed by atoms with E-state index in [0.29, 0.717) is 0 Å². The molecule has 2 atom stereocenters. The monoisotopic (exact) mass is 278 g/mol. The average Bonchev–Trinajstić information content (AvgIpc) is 2.89. The highest BCUT2D eigenvalue weighted by Gasteiger charge is 2.20. The van der Waals surface area contributed by atoms with Crippen molar-refractivity contribution in [3.63, 3.8) is 0 Å². The Morgan fingerprint density at radius 2 is 2.06 bits per heavy atom. The van der Waals surface area contributed by atoms with Gasteiger partial charge in [-0.3, -0.25) is 0 Å². The summed E-state index contributed by atoms with van der Waals surface area (Å²) < 4.78 is 1.09. The second-order valence-corrected chi connectivity index (χ2v) is 6.60. The molecule has 2 aromatic rings. The topological polar surface area (TPSA) is 38.9 Å². The molecule has 18 heavy (non-hydrogen) atoms. The lowest BCUT2D eigenvalue weighted by molar-refractivity contribution is 0.634. The molecule has 0 saturated carbocycles. The van der Waals surface area contributed by atoms with Crippen LogP contribution in [0.4, 0.5) is 0 Å². The zero-order valence-electron chi connectivity index (χ0n) is 10.7. The molecule has 0 bridgehead atoms. The third kappa shape index (κ3) is 3.34. The summed E-state index contributed by atoms with van der Waals surface area (Å²) in [4.78, 5) is 4.34. The Morgan fingerprint density at radius 1 is 1.33 bits per heavy atom. The number of thiazole rings is 1. The van der Waals surface area contributed by atoms with Crippen molar-refractivity contribution < 1.29 is 0 Å². The summed E-state index contributed by atoms with van der Waals surface area (Å²) in [6.45, 7) is 4.24. The SMILES string of the molecule is CCC(N)C(Sc1nccs1)c1ccc(C)cc1. The van der Waals surface area contributed by atoms with E-state index in [1.54, 1.807) is 23.1 Å². The Balaban J connectivity index is 2.22. The molecule has 2 N–H and O–H groups in total. The Labute approximate surface area is 117 Å². The fraction of sp³-hybridized carbons (Fsp3) is 0.357. The maximum Gasteiger partial charge on any atom is 0.150 e. The van der Waals surface area contributed by atoms with Crippen LogP contribution in [0.5, 0.6) is 0 Å². The summed E-state index contributed by atoms with van der Waals surface area (Å²) in [7, 11) is 0. The van der Waals surface area contributed by atoms with Crippen LogP contribution in [0.3, 0.4) is 0 Å². The molecule has 0 aliphatic carbocycles. The Bertz CT molecular complexity index is 465. The minimum atomic E-state index is 0.154. The van der Waals surface area contributed by atoms with Gasteiger partial charge in [-0.05, 0) is 18.9 Å². The van der Waals surface area contributed by atoms with Crippen LogP contribution >= 0.6 is 23.1 Å². The number of rotatable bonds is 5. The molecule has 0 radical (unpaired) electrons. The van der Waals surface area contributed by atoms with E-state index in [0.717, 1.165) is 10.8 Å². The standard InChI is InChI=1S/C14H18N2S2/c1-3-12(15)13(18-14-16-8-9-17-14)11-6-4-10(2)5-7-11/h4-9,12-13H,3,15H2,1-2H3. The van der Waals surface area contributed by atoms with Gasteiger partial charge in [0.1, 0.15) is 4.34 Å². The van der Waals surface area contributed by atoms with Gasteiger partial charge in [0, 0.05) is 17.6 Å². The molecule has 0 spiro atoms. The third-order valence-electron chi connectivity index (χ3n) is 2.90. The van der Waals surface area contributed by atoms with Gasteiger partial charge >= 0.3 is 0 Å². The Hall–Kier alpha value is -0.840. The predicted octanol–water partition coefficient (Wildman–Crippen LogP) is 4.02. The number of nitrogens with zero attached hydrogens (tertiary/aromatic N) is 1. The van der Waals surface area contributed by atoms with Crippen LogP contribution in [0.2, 0.25) is 0 Å². The van der Waals surface area contributed by atoms with Crippen LogP contribution in [0, 0.1) is 6.92 Å². The van der Waals surface area contributed by atoms with Crippen molar-refractivity contribution >= 4 is 23.1 Å².